The zero-order valence-corrected chi connectivity index (χ0v) is 16.3. The number of aromatic nitrogens is 2. The van der Waals surface area contributed by atoms with E-state index in [0.717, 1.165) is 28.0 Å². The van der Waals surface area contributed by atoms with Crippen LogP contribution in [0.15, 0.2) is 14.9 Å². The SMILES string of the molecule is CN=C(NCc1nc(C(F)(F)F)cs1)NCc1c(C)noc1C.I. The van der Waals surface area contributed by atoms with Gasteiger partial charge in [0.2, 0.25) is 0 Å². The summed E-state index contributed by atoms with van der Waals surface area (Å²) in [5, 5.41) is 11.2. The summed E-state index contributed by atoms with van der Waals surface area (Å²) in [4.78, 5) is 7.56. The van der Waals surface area contributed by atoms with Crippen molar-refractivity contribution in [3.63, 3.8) is 0 Å². The molecule has 11 heteroatoms. The first-order valence-electron chi connectivity index (χ1n) is 6.69. The molecule has 0 fully saturated rings. The standard InChI is InChI=1S/C13H16F3N5OS.HI/c1-7-9(8(2)22-21-7)4-18-12(17-3)19-5-11-20-10(6-23-11)13(14,15)16;/h6H,4-5H2,1-3H3,(H2,17,18,19);1H. The minimum atomic E-state index is -4.42. The average molecular weight is 475 g/mol. The molecule has 2 aromatic rings. The number of hydrogen-bond donors (Lipinski definition) is 2. The molecular formula is C13H17F3IN5OS. The van der Waals surface area contributed by atoms with Crippen LogP contribution in [0.3, 0.4) is 0 Å². The third kappa shape index (κ3) is 5.33. The fourth-order valence-corrected chi connectivity index (χ4v) is 2.57. The molecule has 0 atom stereocenters. The number of thiazole rings is 1. The Morgan fingerprint density at radius 1 is 1.29 bits per heavy atom. The first-order valence-corrected chi connectivity index (χ1v) is 7.57. The van der Waals surface area contributed by atoms with Crippen LogP contribution in [0.4, 0.5) is 13.2 Å². The van der Waals surface area contributed by atoms with Crippen molar-refractivity contribution < 1.29 is 17.7 Å². The van der Waals surface area contributed by atoms with Crippen molar-refractivity contribution in [2.75, 3.05) is 7.05 Å². The molecule has 0 aliphatic rings. The summed E-state index contributed by atoms with van der Waals surface area (Å²) in [6.07, 6.45) is -4.42. The van der Waals surface area contributed by atoms with Crippen molar-refractivity contribution in [2.45, 2.75) is 33.1 Å². The van der Waals surface area contributed by atoms with Gasteiger partial charge in [0.1, 0.15) is 10.8 Å². The van der Waals surface area contributed by atoms with Crippen LogP contribution in [-0.2, 0) is 19.3 Å². The van der Waals surface area contributed by atoms with E-state index in [2.05, 4.69) is 25.8 Å². The number of hydrogen-bond acceptors (Lipinski definition) is 5. The first kappa shape index (κ1) is 20.7. The monoisotopic (exact) mass is 475 g/mol. The van der Waals surface area contributed by atoms with Crippen molar-refractivity contribution in [1.82, 2.24) is 20.8 Å². The second-order valence-electron chi connectivity index (χ2n) is 4.71. The molecule has 2 heterocycles. The Labute approximate surface area is 158 Å². The van der Waals surface area contributed by atoms with Gasteiger partial charge in [-0.3, -0.25) is 4.99 Å². The lowest BCUT2D eigenvalue weighted by molar-refractivity contribution is -0.140. The van der Waals surface area contributed by atoms with Gasteiger partial charge in [0, 0.05) is 24.5 Å². The van der Waals surface area contributed by atoms with E-state index in [1.165, 1.54) is 0 Å². The minimum Gasteiger partial charge on any atom is -0.361 e. The van der Waals surface area contributed by atoms with Crippen LogP contribution < -0.4 is 10.6 Å². The molecule has 2 aromatic heterocycles. The predicted octanol–water partition coefficient (Wildman–Crippen LogP) is 3.25. The van der Waals surface area contributed by atoms with E-state index in [-0.39, 0.29) is 30.5 Å². The smallest absolute Gasteiger partial charge is 0.361 e. The topological polar surface area (TPSA) is 75.3 Å². The van der Waals surface area contributed by atoms with E-state index in [1.807, 2.05) is 6.92 Å². The van der Waals surface area contributed by atoms with Crippen LogP contribution in [-0.4, -0.2) is 23.1 Å². The zero-order chi connectivity index (χ0) is 17.0. The van der Waals surface area contributed by atoms with Crippen LogP contribution in [0.1, 0.15) is 27.7 Å². The number of halogens is 4. The van der Waals surface area contributed by atoms with Crippen molar-refractivity contribution in [2.24, 2.45) is 4.99 Å². The number of guanidine groups is 1. The molecule has 0 aromatic carbocycles. The molecule has 0 amide bonds. The van der Waals surface area contributed by atoms with Gasteiger partial charge in [0.05, 0.1) is 12.2 Å². The molecule has 2 rings (SSSR count). The predicted molar refractivity (Wildman–Crippen MR) is 95.5 cm³/mol. The summed E-state index contributed by atoms with van der Waals surface area (Å²) in [6.45, 7) is 4.24. The van der Waals surface area contributed by atoms with Crippen LogP contribution in [0, 0.1) is 13.8 Å². The molecule has 0 spiro atoms. The van der Waals surface area contributed by atoms with Gasteiger partial charge in [-0.1, -0.05) is 5.16 Å². The van der Waals surface area contributed by atoms with Gasteiger partial charge in [0.15, 0.2) is 11.7 Å². The van der Waals surface area contributed by atoms with E-state index < -0.39 is 11.9 Å². The molecular weight excluding hydrogens is 458 g/mol. The average Bonchev–Trinajstić information content (AvgIpc) is 3.08. The number of aryl methyl sites for hydroxylation is 2. The third-order valence-corrected chi connectivity index (χ3v) is 3.94. The van der Waals surface area contributed by atoms with E-state index in [1.54, 1.807) is 14.0 Å². The highest BCUT2D eigenvalue weighted by molar-refractivity contribution is 14.0. The van der Waals surface area contributed by atoms with Crippen LogP contribution >= 0.6 is 35.3 Å². The van der Waals surface area contributed by atoms with Gasteiger partial charge < -0.3 is 15.2 Å². The van der Waals surface area contributed by atoms with Gasteiger partial charge >= 0.3 is 6.18 Å². The summed E-state index contributed by atoms with van der Waals surface area (Å²) >= 11 is 0.948. The minimum absolute atomic E-state index is 0. The van der Waals surface area contributed by atoms with Gasteiger partial charge in [-0.05, 0) is 13.8 Å². The maximum atomic E-state index is 12.5. The summed E-state index contributed by atoms with van der Waals surface area (Å²) in [6, 6.07) is 0. The number of nitrogens with one attached hydrogen (secondary N) is 2. The molecule has 24 heavy (non-hydrogen) atoms. The lowest BCUT2D eigenvalue weighted by atomic mass is 10.2. The van der Waals surface area contributed by atoms with E-state index >= 15 is 0 Å². The number of alkyl halides is 3. The van der Waals surface area contributed by atoms with Gasteiger partial charge in [0.25, 0.3) is 0 Å². The number of nitrogens with zero attached hydrogens (tertiary/aromatic N) is 3. The molecule has 0 unspecified atom stereocenters. The molecule has 2 N–H and O–H groups in total. The Morgan fingerprint density at radius 3 is 2.46 bits per heavy atom. The molecule has 0 saturated carbocycles. The number of rotatable bonds is 4. The lowest BCUT2D eigenvalue weighted by Crippen LogP contribution is -2.36. The van der Waals surface area contributed by atoms with Crippen molar-refractivity contribution in [3.8, 4) is 0 Å². The van der Waals surface area contributed by atoms with E-state index in [9.17, 15) is 13.2 Å². The van der Waals surface area contributed by atoms with Crippen LogP contribution in [0.2, 0.25) is 0 Å². The highest BCUT2D eigenvalue weighted by Crippen LogP contribution is 2.29. The molecule has 0 bridgehead atoms. The Bertz CT molecular complexity index is 679. The normalized spacial score (nSPS) is 12.0. The molecule has 0 saturated heterocycles. The Balaban J connectivity index is 0.00000288. The lowest BCUT2D eigenvalue weighted by Gasteiger charge is -2.10. The first-order chi connectivity index (χ1) is 10.8. The van der Waals surface area contributed by atoms with Crippen LogP contribution in [0.5, 0.6) is 0 Å². The van der Waals surface area contributed by atoms with Crippen molar-refractivity contribution >= 4 is 41.3 Å². The molecule has 0 aliphatic carbocycles. The Kier molecular flexibility index (Phi) is 7.45. The van der Waals surface area contributed by atoms with Crippen molar-refractivity contribution in [1.29, 1.82) is 0 Å². The number of aliphatic imine (C=N–C) groups is 1. The summed E-state index contributed by atoms with van der Waals surface area (Å²) in [5.41, 5.74) is 0.819. The summed E-state index contributed by atoms with van der Waals surface area (Å²) in [7, 11) is 1.58. The van der Waals surface area contributed by atoms with Gasteiger partial charge in [-0.2, -0.15) is 13.2 Å². The second kappa shape index (κ2) is 8.65. The Morgan fingerprint density at radius 2 is 1.96 bits per heavy atom. The maximum Gasteiger partial charge on any atom is 0.434 e. The molecule has 6 nitrogen and oxygen atoms in total. The zero-order valence-electron chi connectivity index (χ0n) is 13.2. The Hall–Kier alpha value is -1.37. The van der Waals surface area contributed by atoms with Crippen LogP contribution in [0.25, 0.3) is 0 Å². The summed E-state index contributed by atoms with van der Waals surface area (Å²) < 4.78 is 42.5. The van der Waals surface area contributed by atoms with E-state index in [4.69, 9.17) is 4.52 Å². The fraction of sp³-hybridized carbons (Fsp3) is 0.462. The summed E-state index contributed by atoms with van der Waals surface area (Å²) in [5.74, 6) is 1.16. The van der Waals surface area contributed by atoms with E-state index in [0.29, 0.717) is 23.3 Å². The molecule has 134 valence electrons. The third-order valence-electron chi connectivity index (χ3n) is 3.09. The van der Waals surface area contributed by atoms with Gasteiger partial charge in [-0.15, -0.1) is 35.3 Å². The highest BCUT2D eigenvalue weighted by Gasteiger charge is 2.33. The highest BCUT2D eigenvalue weighted by atomic mass is 127. The fourth-order valence-electron chi connectivity index (χ4n) is 1.83. The second-order valence-corrected chi connectivity index (χ2v) is 5.65. The molecule has 0 aliphatic heterocycles. The largest absolute Gasteiger partial charge is 0.434 e. The maximum absolute atomic E-state index is 12.5. The van der Waals surface area contributed by atoms with Crippen molar-refractivity contribution in [3.05, 3.63) is 33.1 Å². The van der Waals surface area contributed by atoms with Gasteiger partial charge in [-0.25, -0.2) is 4.98 Å². The molecule has 0 radical (unpaired) electrons. The quantitative estimate of drug-likeness (QED) is 0.404.